The first-order valence-electron chi connectivity index (χ1n) is 11.1. The van der Waals surface area contributed by atoms with Crippen molar-refractivity contribution in [3.63, 3.8) is 0 Å². The van der Waals surface area contributed by atoms with Crippen LogP contribution in [0.5, 0.6) is 17.4 Å². The molecule has 0 radical (unpaired) electrons. The molecule has 1 unspecified atom stereocenters. The number of hydrogen-bond donors (Lipinski definition) is 1. The van der Waals surface area contributed by atoms with Crippen LogP contribution in [0.15, 0.2) is 29.1 Å². The normalized spacial score (nSPS) is 12.6. The van der Waals surface area contributed by atoms with Gasteiger partial charge < -0.3 is 14.6 Å². The highest BCUT2D eigenvalue weighted by molar-refractivity contribution is 6.32. The van der Waals surface area contributed by atoms with Crippen LogP contribution in [0.4, 0.5) is 23.2 Å². The van der Waals surface area contributed by atoms with Crippen LogP contribution in [-0.4, -0.2) is 46.4 Å². The Bertz CT molecular complexity index is 1620. The summed E-state index contributed by atoms with van der Waals surface area (Å²) in [5.41, 5.74) is -1.25. The number of rotatable bonds is 8. The molecule has 0 aliphatic carbocycles. The fourth-order valence-electron chi connectivity index (χ4n) is 3.73. The molecule has 2 heterocycles. The number of nitro benzene ring substituents is 1. The molecule has 208 valence electrons. The standard InChI is InChI=1S/C22H19ClF4N6O6/c1-4-31-17(9-34)28-32(21(31)35)11-7-15-18(16(8-11)38-10(2)22(25,26)27)20(29-30(15)3)39-19-13(23)5-12(33(36)37)6-14(19)24/h5-8,10,34H,4,9H2,1-3H3. The quantitative estimate of drug-likeness (QED) is 0.187. The highest BCUT2D eigenvalue weighted by atomic mass is 35.5. The highest BCUT2D eigenvalue weighted by Crippen LogP contribution is 2.42. The molecule has 0 saturated heterocycles. The molecule has 0 spiro atoms. The molecule has 2 aromatic carbocycles. The molecule has 39 heavy (non-hydrogen) atoms. The molecule has 1 atom stereocenters. The largest absolute Gasteiger partial charge is 0.480 e. The molecule has 0 fully saturated rings. The van der Waals surface area contributed by atoms with Crippen molar-refractivity contribution in [3.8, 4) is 23.1 Å². The lowest BCUT2D eigenvalue weighted by atomic mass is 10.2. The molecule has 4 rings (SSSR count). The highest BCUT2D eigenvalue weighted by Gasteiger charge is 2.39. The number of aliphatic hydroxyl groups is 1. The molecule has 12 nitrogen and oxygen atoms in total. The van der Waals surface area contributed by atoms with E-state index in [2.05, 4.69) is 10.2 Å². The summed E-state index contributed by atoms with van der Waals surface area (Å²) in [4.78, 5) is 23.0. The monoisotopic (exact) mass is 574 g/mol. The van der Waals surface area contributed by atoms with Gasteiger partial charge in [-0.05, 0) is 19.9 Å². The predicted octanol–water partition coefficient (Wildman–Crippen LogP) is 4.26. The Morgan fingerprint density at radius 2 is 1.92 bits per heavy atom. The predicted molar refractivity (Wildman–Crippen MR) is 128 cm³/mol. The second-order valence-corrected chi connectivity index (χ2v) is 8.59. The van der Waals surface area contributed by atoms with E-state index in [-0.39, 0.29) is 29.0 Å². The van der Waals surface area contributed by atoms with E-state index in [1.165, 1.54) is 22.4 Å². The summed E-state index contributed by atoms with van der Waals surface area (Å²) in [6, 6.07) is 3.83. The molecule has 1 N–H and O–H groups in total. The smallest absolute Gasteiger partial charge is 0.425 e. The maximum absolute atomic E-state index is 14.7. The Labute approximate surface area is 220 Å². The van der Waals surface area contributed by atoms with Gasteiger partial charge in [-0.2, -0.15) is 17.9 Å². The van der Waals surface area contributed by atoms with E-state index in [1.807, 2.05) is 0 Å². The summed E-state index contributed by atoms with van der Waals surface area (Å²) in [5, 5.41) is 28.0. The number of hydrogen-bond acceptors (Lipinski definition) is 8. The number of aryl methyl sites for hydroxylation is 1. The minimum absolute atomic E-state index is 0.0195. The SMILES string of the molecule is CCn1c(CO)nn(-c2cc(OC(C)C(F)(F)F)c3c(Oc4c(F)cc([N+](=O)[O-])cc4Cl)nn(C)c3c2)c1=O. The van der Waals surface area contributed by atoms with Gasteiger partial charge in [0.25, 0.3) is 5.69 Å². The number of aliphatic hydroxyl groups excluding tert-OH is 1. The van der Waals surface area contributed by atoms with Crippen molar-refractivity contribution in [2.24, 2.45) is 7.05 Å². The maximum Gasteiger partial charge on any atom is 0.425 e. The van der Waals surface area contributed by atoms with Crippen LogP contribution in [0.2, 0.25) is 5.02 Å². The summed E-state index contributed by atoms with van der Waals surface area (Å²) in [6.45, 7) is 1.99. The van der Waals surface area contributed by atoms with Crippen molar-refractivity contribution in [1.29, 1.82) is 0 Å². The fraction of sp³-hybridized carbons (Fsp3) is 0.318. The number of fused-ring (bicyclic) bond motifs is 1. The molecule has 4 aromatic rings. The van der Waals surface area contributed by atoms with Gasteiger partial charge in [0.05, 0.1) is 27.2 Å². The van der Waals surface area contributed by atoms with E-state index >= 15 is 0 Å². The number of halogens is 5. The van der Waals surface area contributed by atoms with Crippen molar-refractivity contribution in [3.05, 3.63) is 61.5 Å². The third kappa shape index (κ3) is 5.12. The van der Waals surface area contributed by atoms with Crippen LogP contribution in [0.25, 0.3) is 16.6 Å². The first-order valence-corrected chi connectivity index (χ1v) is 11.5. The third-order valence-corrected chi connectivity index (χ3v) is 5.95. The molecule has 0 amide bonds. The first-order chi connectivity index (χ1) is 18.3. The third-order valence-electron chi connectivity index (χ3n) is 5.67. The van der Waals surface area contributed by atoms with Crippen molar-refractivity contribution in [1.82, 2.24) is 24.1 Å². The van der Waals surface area contributed by atoms with Gasteiger partial charge in [0, 0.05) is 25.7 Å². The van der Waals surface area contributed by atoms with E-state index in [0.717, 1.165) is 23.7 Å². The number of non-ortho nitro benzene ring substituents is 1. The second kappa shape index (κ2) is 10.2. The van der Waals surface area contributed by atoms with E-state index in [9.17, 15) is 37.6 Å². The van der Waals surface area contributed by atoms with Gasteiger partial charge in [0.15, 0.2) is 23.5 Å². The van der Waals surface area contributed by atoms with Gasteiger partial charge in [-0.3, -0.25) is 19.4 Å². The van der Waals surface area contributed by atoms with E-state index in [4.69, 9.17) is 21.1 Å². The number of benzene rings is 2. The Hall–Kier alpha value is -4.18. The molecule has 0 aliphatic heterocycles. The van der Waals surface area contributed by atoms with Gasteiger partial charge in [0.2, 0.25) is 5.88 Å². The topological polar surface area (TPSA) is 139 Å². The average Bonchev–Trinajstić information content (AvgIpc) is 3.36. The number of aromatic nitrogens is 5. The van der Waals surface area contributed by atoms with Crippen LogP contribution in [-0.2, 0) is 20.2 Å². The fourth-order valence-corrected chi connectivity index (χ4v) is 3.97. The van der Waals surface area contributed by atoms with E-state index in [1.54, 1.807) is 6.92 Å². The summed E-state index contributed by atoms with van der Waals surface area (Å²) in [5.74, 6) is -2.74. The lowest BCUT2D eigenvalue weighted by Crippen LogP contribution is -2.31. The molecule has 2 aromatic heterocycles. The zero-order valence-corrected chi connectivity index (χ0v) is 21.1. The van der Waals surface area contributed by atoms with Crippen LogP contribution >= 0.6 is 11.6 Å². The molecule has 0 aliphatic rings. The Morgan fingerprint density at radius 1 is 1.23 bits per heavy atom. The molecule has 17 heteroatoms. The molecular weight excluding hydrogens is 556 g/mol. The average molecular weight is 575 g/mol. The van der Waals surface area contributed by atoms with Crippen molar-refractivity contribution in [2.75, 3.05) is 0 Å². The van der Waals surface area contributed by atoms with Crippen LogP contribution < -0.4 is 15.2 Å². The summed E-state index contributed by atoms with van der Waals surface area (Å²) >= 11 is 5.98. The van der Waals surface area contributed by atoms with Crippen molar-refractivity contribution < 1.29 is 37.1 Å². The first kappa shape index (κ1) is 27.8. The zero-order valence-electron chi connectivity index (χ0n) is 20.4. The van der Waals surface area contributed by atoms with Crippen LogP contribution in [0, 0.1) is 15.9 Å². The summed E-state index contributed by atoms with van der Waals surface area (Å²) in [6.07, 6.45) is -7.12. The lowest BCUT2D eigenvalue weighted by molar-refractivity contribution is -0.385. The number of nitrogens with zero attached hydrogens (tertiary/aromatic N) is 6. The molecule has 0 saturated carbocycles. The van der Waals surface area contributed by atoms with Crippen LogP contribution in [0.3, 0.4) is 0 Å². The Morgan fingerprint density at radius 3 is 2.46 bits per heavy atom. The van der Waals surface area contributed by atoms with Gasteiger partial charge in [0.1, 0.15) is 17.7 Å². The van der Waals surface area contributed by atoms with E-state index in [0.29, 0.717) is 6.07 Å². The number of nitro groups is 1. The Balaban J connectivity index is 1.94. The molecule has 0 bridgehead atoms. The van der Waals surface area contributed by atoms with E-state index < -0.39 is 63.4 Å². The minimum atomic E-state index is -4.79. The maximum atomic E-state index is 14.7. The number of alkyl halides is 3. The zero-order chi connectivity index (χ0) is 28.8. The lowest BCUT2D eigenvalue weighted by Gasteiger charge is -2.19. The minimum Gasteiger partial charge on any atom is -0.480 e. The summed E-state index contributed by atoms with van der Waals surface area (Å²) < 4.78 is 68.9. The van der Waals surface area contributed by atoms with Gasteiger partial charge >= 0.3 is 11.9 Å². The second-order valence-electron chi connectivity index (χ2n) is 8.18. The van der Waals surface area contributed by atoms with Crippen molar-refractivity contribution in [2.45, 2.75) is 39.3 Å². The van der Waals surface area contributed by atoms with Gasteiger partial charge in [-0.25, -0.2) is 9.18 Å². The number of ether oxygens (including phenoxy) is 2. The van der Waals surface area contributed by atoms with Gasteiger partial charge in [-0.15, -0.1) is 10.2 Å². The van der Waals surface area contributed by atoms with Crippen molar-refractivity contribution >= 4 is 28.2 Å². The Kier molecular flexibility index (Phi) is 7.27. The van der Waals surface area contributed by atoms with Gasteiger partial charge in [-0.1, -0.05) is 11.6 Å². The van der Waals surface area contributed by atoms with Crippen LogP contribution in [0.1, 0.15) is 19.7 Å². The molecular formula is C22H19ClF4N6O6. The summed E-state index contributed by atoms with van der Waals surface area (Å²) in [7, 11) is 1.40.